The van der Waals surface area contributed by atoms with Gasteiger partial charge < -0.3 is 15.5 Å². The summed E-state index contributed by atoms with van der Waals surface area (Å²) < 4.78 is 0. The van der Waals surface area contributed by atoms with Gasteiger partial charge in [0.2, 0.25) is 5.91 Å². The Morgan fingerprint density at radius 2 is 2.24 bits per heavy atom. The first kappa shape index (κ1) is 11.9. The van der Waals surface area contributed by atoms with Crippen molar-refractivity contribution in [2.45, 2.75) is 12.5 Å². The van der Waals surface area contributed by atoms with Crippen LogP contribution in [0.3, 0.4) is 0 Å². The van der Waals surface area contributed by atoms with Gasteiger partial charge in [-0.1, -0.05) is 18.2 Å². The number of para-hydroxylation sites is 1. The summed E-state index contributed by atoms with van der Waals surface area (Å²) in [6, 6.07) is 7.96. The second-order valence-electron chi connectivity index (χ2n) is 4.65. The van der Waals surface area contributed by atoms with Crippen molar-refractivity contribution in [3.05, 3.63) is 29.8 Å². The molecule has 1 amide bonds. The monoisotopic (exact) mass is 233 g/mol. The molecule has 1 unspecified atom stereocenters. The van der Waals surface area contributed by atoms with Gasteiger partial charge in [0.05, 0.1) is 0 Å². The molecule has 0 fully saturated rings. The zero-order valence-electron chi connectivity index (χ0n) is 10.4. The fourth-order valence-electron chi connectivity index (χ4n) is 1.98. The third-order valence-corrected chi connectivity index (χ3v) is 2.95. The number of rotatable bonds is 4. The van der Waals surface area contributed by atoms with E-state index in [4.69, 9.17) is 0 Å². The predicted octanol–water partition coefficient (Wildman–Crippen LogP) is 0.701. The molecule has 1 atom stereocenters. The maximum atomic E-state index is 11.9. The molecule has 4 nitrogen and oxygen atoms in total. The van der Waals surface area contributed by atoms with E-state index >= 15 is 0 Å². The fourth-order valence-corrected chi connectivity index (χ4v) is 1.98. The summed E-state index contributed by atoms with van der Waals surface area (Å²) in [7, 11) is 3.99. The van der Waals surface area contributed by atoms with Crippen LogP contribution in [0.4, 0.5) is 5.69 Å². The van der Waals surface area contributed by atoms with Crippen LogP contribution >= 0.6 is 0 Å². The van der Waals surface area contributed by atoms with Crippen molar-refractivity contribution in [3.63, 3.8) is 0 Å². The molecular weight excluding hydrogens is 214 g/mol. The van der Waals surface area contributed by atoms with Crippen molar-refractivity contribution in [1.29, 1.82) is 0 Å². The molecule has 1 heterocycles. The zero-order chi connectivity index (χ0) is 12.3. The molecule has 1 aromatic rings. The molecule has 0 bridgehead atoms. The molecule has 0 radical (unpaired) electrons. The quantitative estimate of drug-likeness (QED) is 0.804. The number of nitrogens with one attached hydrogen (secondary N) is 2. The summed E-state index contributed by atoms with van der Waals surface area (Å²) in [6.45, 7) is 1.56. The number of hydrogen-bond acceptors (Lipinski definition) is 3. The Kier molecular flexibility index (Phi) is 3.64. The van der Waals surface area contributed by atoms with Gasteiger partial charge in [0.1, 0.15) is 6.04 Å². The highest BCUT2D eigenvalue weighted by molar-refractivity contribution is 5.87. The van der Waals surface area contributed by atoms with Crippen LogP contribution in [0, 0.1) is 0 Å². The van der Waals surface area contributed by atoms with Crippen LogP contribution in [-0.4, -0.2) is 44.0 Å². The van der Waals surface area contributed by atoms with Crippen molar-refractivity contribution in [3.8, 4) is 0 Å². The Morgan fingerprint density at radius 1 is 1.47 bits per heavy atom. The minimum Gasteiger partial charge on any atom is -0.373 e. The number of fused-ring (bicyclic) bond motifs is 1. The Labute approximate surface area is 102 Å². The summed E-state index contributed by atoms with van der Waals surface area (Å²) in [4.78, 5) is 14.0. The van der Waals surface area contributed by atoms with Gasteiger partial charge in [-0.15, -0.1) is 0 Å². The Balaban J connectivity index is 1.84. The number of carbonyl (C=O) groups is 1. The normalized spacial score (nSPS) is 17.7. The molecule has 2 N–H and O–H groups in total. The number of amides is 1. The number of carbonyl (C=O) groups excluding carboxylic acids is 1. The van der Waals surface area contributed by atoms with Gasteiger partial charge in [0.15, 0.2) is 0 Å². The molecule has 4 heteroatoms. The highest BCUT2D eigenvalue weighted by atomic mass is 16.2. The lowest BCUT2D eigenvalue weighted by molar-refractivity contribution is -0.121. The van der Waals surface area contributed by atoms with Gasteiger partial charge in [-0.25, -0.2) is 0 Å². The molecule has 0 saturated heterocycles. The molecule has 0 spiro atoms. The first-order valence-electron chi connectivity index (χ1n) is 5.93. The van der Waals surface area contributed by atoms with Crippen LogP contribution in [0.15, 0.2) is 24.3 Å². The number of nitrogens with zero attached hydrogens (tertiary/aromatic N) is 1. The standard InChI is InChI=1S/C13H19N3O/c1-16(2)8-7-14-13(17)12-9-10-5-3-4-6-11(10)15-12/h3-6,12,15H,7-9H2,1-2H3,(H,14,17). The van der Waals surface area contributed by atoms with Gasteiger partial charge >= 0.3 is 0 Å². The van der Waals surface area contributed by atoms with Crippen molar-refractivity contribution in [1.82, 2.24) is 10.2 Å². The molecular formula is C13H19N3O. The number of likely N-dealkylation sites (N-methyl/N-ethyl adjacent to an activating group) is 1. The van der Waals surface area contributed by atoms with E-state index in [9.17, 15) is 4.79 Å². The van der Waals surface area contributed by atoms with Gasteiger partial charge in [-0.2, -0.15) is 0 Å². The molecule has 17 heavy (non-hydrogen) atoms. The maximum absolute atomic E-state index is 11.9. The lowest BCUT2D eigenvalue weighted by Gasteiger charge is -2.14. The number of benzene rings is 1. The second-order valence-corrected chi connectivity index (χ2v) is 4.65. The average Bonchev–Trinajstić information content (AvgIpc) is 2.71. The van der Waals surface area contributed by atoms with E-state index in [-0.39, 0.29) is 11.9 Å². The third kappa shape index (κ3) is 2.97. The van der Waals surface area contributed by atoms with Crippen molar-refractivity contribution < 1.29 is 4.79 Å². The van der Waals surface area contributed by atoms with Crippen molar-refractivity contribution in [2.24, 2.45) is 0 Å². The molecule has 1 aliphatic rings. The summed E-state index contributed by atoms with van der Waals surface area (Å²) in [6.07, 6.45) is 0.782. The van der Waals surface area contributed by atoms with E-state index in [0.29, 0.717) is 6.54 Å². The maximum Gasteiger partial charge on any atom is 0.242 e. The molecule has 1 aliphatic heterocycles. The number of hydrogen-bond donors (Lipinski definition) is 2. The molecule has 0 aromatic heterocycles. The SMILES string of the molecule is CN(C)CCNC(=O)C1Cc2ccccc2N1. The lowest BCUT2D eigenvalue weighted by atomic mass is 10.1. The Morgan fingerprint density at radius 3 is 2.94 bits per heavy atom. The van der Waals surface area contributed by atoms with Crippen LogP contribution in [0.25, 0.3) is 0 Å². The predicted molar refractivity (Wildman–Crippen MR) is 69.1 cm³/mol. The van der Waals surface area contributed by atoms with Gasteiger partial charge in [-0.3, -0.25) is 4.79 Å². The van der Waals surface area contributed by atoms with Crippen LogP contribution < -0.4 is 10.6 Å². The molecule has 0 aliphatic carbocycles. The number of anilines is 1. The molecule has 1 aromatic carbocycles. The summed E-state index contributed by atoms with van der Waals surface area (Å²) in [5, 5.41) is 6.19. The van der Waals surface area contributed by atoms with Gasteiger partial charge in [0.25, 0.3) is 0 Å². The van der Waals surface area contributed by atoms with Crippen molar-refractivity contribution in [2.75, 3.05) is 32.5 Å². The van der Waals surface area contributed by atoms with E-state index in [0.717, 1.165) is 18.7 Å². The third-order valence-electron chi connectivity index (χ3n) is 2.95. The Bertz CT molecular complexity index is 378. The van der Waals surface area contributed by atoms with E-state index in [1.54, 1.807) is 0 Å². The van der Waals surface area contributed by atoms with Crippen molar-refractivity contribution >= 4 is 11.6 Å². The molecule has 2 rings (SSSR count). The fraction of sp³-hybridized carbons (Fsp3) is 0.462. The highest BCUT2D eigenvalue weighted by Crippen LogP contribution is 2.24. The smallest absolute Gasteiger partial charge is 0.242 e. The van der Waals surface area contributed by atoms with Gasteiger partial charge in [-0.05, 0) is 25.7 Å². The molecule has 0 saturated carbocycles. The summed E-state index contributed by atoms with van der Waals surface area (Å²) in [5.74, 6) is 0.0862. The summed E-state index contributed by atoms with van der Waals surface area (Å²) >= 11 is 0. The zero-order valence-corrected chi connectivity index (χ0v) is 10.4. The average molecular weight is 233 g/mol. The van der Waals surface area contributed by atoms with E-state index in [1.807, 2.05) is 32.3 Å². The highest BCUT2D eigenvalue weighted by Gasteiger charge is 2.25. The molecule has 92 valence electrons. The Hall–Kier alpha value is -1.55. The summed E-state index contributed by atoms with van der Waals surface area (Å²) in [5.41, 5.74) is 2.31. The van der Waals surface area contributed by atoms with E-state index < -0.39 is 0 Å². The van der Waals surface area contributed by atoms with Crippen LogP contribution in [0.5, 0.6) is 0 Å². The van der Waals surface area contributed by atoms with Crippen LogP contribution in [-0.2, 0) is 11.2 Å². The van der Waals surface area contributed by atoms with Gasteiger partial charge in [0, 0.05) is 25.2 Å². The van der Waals surface area contributed by atoms with E-state index in [2.05, 4.69) is 21.6 Å². The largest absolute Gasteiger partial charge is 0.373 e. The van der Waals surface area contributed by atoms with Crippen LogP contribution in [0.2, 0.25) is 0 Å². The first-order valence-corrected chi connectivity index (χ1v) is 5.93. The van der Waals surface area contributed by atoms with E-state index in [1.165, 1.54) is 5.56 Å². The van der Waals surface area contributed by atoms with Crippen LogP contribution in [0.1, 0.15) is 5.56 Å². The minimum absolute atomic E-state index is 0.0862. The first-order chi connectivity index (χ1) is 8.16. The minimum atomic E-state index is -0.116. The second kappa shape index (κ2) is 5.19. The lowest BCUT2D eigenvalue weighted by Crippen LogP contribution is -2.41. The topological polar surface area (TPSA) is 44.4 Å².